The van der Waals surface area contributed by atoms with Crippen molar-refractivity contribution < 1.29 is 4.79 Å². The number of amides is 1. The predicted octanol–water partition coefficient (Wildman–Crippen LogP) is 5.55. The van der Waals surface area contributed by atoms with E-state index in [4.69, 9.17) is 16.6 Å². The van der Waals surface area contributed by atoms with Gasteiger partial charge in [0.1, 0.15) is 5.01 Å². The van der Waals surface area contributed by atoms with Gasteiger partial charge in [-0.3, -0.25) is 4.79 Å². The molecule has 4 rings (SSSR count). The standard InChI is InChI=1S/C20H19ClN2OS2/c21-15-6-3-5-14(11-15)12-25-13-19(24)23-10-4-8-17(23)20-22-16-7-1-2-9-18(16)26-20/h1-3,5-7,9,11,17H,4,8,10,12-13H2. The smallest absolute Gasteiger partial charge is 0.233 e. The van der Waals surface area contributed by atoms with Crippen molar-refractivity contribution in [2.24, 2.45) is 0 Å². The van der Waals surface area contributed by atoms with E-state index in [0.717, 1.165) is 46.2 Å². The lowest BCUT2D eigenvalue weighted by atomic mass is 10.2. The molecule has 0 saturated carbocycles. The van der Waals surface area contributed by atoms with Crippen LogP contribution in [0.25, 0.3) is 10.2 Å². The van der Waals surface area contributed by atoms with E-state index in [2.05, 4.69) is 6.07 Å². The highest BCUT2D eigenvalue weighted by molar-refractivity contribution is 7.99. The monoisotopic (exact) mass is 402 g/mol. The second-order valence-corrected chi connectivity index (χ2v) is 8.87. The van der Waals surface area contributed by atoms with E-state index >= 15 is 0 Å². The number of hydrogen-bond donors (Lipinski definition) is 0. The number of thioether (sulfide) groups is 1. The van der Waals surface area contributed by atoms with Crippen molar-refractivity contribution in [3.63, 3.8) is 0 Å². The number of likely N-dealkylation sites (tertiary alicyclic amines) is 1. The summed E-state index contributed by atoms with van der Waals surface area (Å²) in [7, 11) is 0. The molecule has 3 nitrogen and oxygen atoms in total. The van der Waals surface area contributed by atoms with Crippen LogP contribution in [-0.4, -0.2) is 28.1 Å². The summed E-state index contributed by atoms with van der Waals surface area (Å²) < 4.78 is 1.19. The molecule has 3 aromatic rings. The first-order valence-corrected chi connectivity index (χ1v) is 11.0. The number of thiazole rings is 1. The minimum Gasteiger partial charge on any atom is -0.333 e. The SMILES string of the molecule is O=C(CSCc1cccc(Cl)c1)N1CCCC1c1nc2ccccc2s1. The molecule has 0 N–H and O–H groups in total. The Morgan fingerprint density at radius 2 is 2.15 bits per heavy atom. The van der Waals surface area contributed by atoms with Gasteiger partial charge in [-0.1, -0.05) is 35.9 Å². The minimum absolute atomic E-state index is 0.131. The van der Waals surface area contributed by atoms with Crippen LogP contribution in [0.15, 0.2) is 48.5 Å². The van der Waals surface area contributed by atoms with E-state index in [9.17, 15) is 4.79 Å². The molecule has 2 heterocycles. The maximum absolute atomic E-state index is 12.8. The molecule has 26 heavy (non-hydrogen) atoms. The topological polar surface area (TPSA) is 33.2 Å². The number of para-hydroxylation sites is 1. The third-order valence-corrected chi connectivity index (χ3v) is 6.91. The molecule has 1 saturated heterocycles. The summed E-state index contributed by atoms with van der Waals surface area (Å²) in [5, 5.41) is 1.81. The maximum Gasteiger partial charge on any atom is 0.233 e. The second-order valence-electron chi connectivity index (χ2n) is 6.39. The van der Waals surface area contributed by atoms with Crippen molar-refractivity contribution in [3.05, 3.63) is 64.1 Å². The maximum atomic E-state index is 12.8. The second kappa shape index (κ2) is 7.99. The molecule has 134 valence electrons. The quantitative estimate of drug-likeness (QED) is 0.561. The number of nitrogens with zero attached hydrogens (tertiary/aromatic N) is 2. The lowest BCUT2D eigenvalue weighted by molar-refractivity contribution is -0.129. The van der Waals surface area contributed by atoms with Gasteiger partial charge in [-0.2, -0.15) is 0 Å². The fraction of sp³-hybridized carbons (Fsp3) is 0.300. The zero-order chi connectivity index (χ0) is 17.9. The first kappa shape index (κ1) is 17.8. The summed E-state index contributed by atoms with van der Waals surface area (Å²) in [4.78, 5) is 19.5. The highest BCUT2D eigenvalue weighted by atomic mass is 35.5. The normalized spacial score (nSPS) is 17.1. The molecular weight excluding hydrogens is 384 g/mol. The fourth-order valence-corrected chi connectivity index (χ4v) is 5.51. The molecule has 1 atom stereocenters. The van der Waals surface area contributed by atoms with E-state index in [-0.39, 0.29) is 11.9 Å². The molecule has 1 unspecified atom stereocenters. The van der Waals surface area contributed by atoms with Crippen LogP contribution in [0.4, 0.5) is 0 Å². The Bertz CT molecular complexity index is 894. The van der Waals surface area contributed by atoms with Gasteiger partial charge in [0.15, 0.2) is 0 Å². The minimum atomic E-state index is 0.131. The van der Waals surface area contributed by atoms with Gasteiger partial charge in [-0.05, 0) is 42.7 Å². The van der Waals surface area contributed by atoms with E-state index in [1.807, 2.05) is 47.4 Å². The molecule has 0 radical (unpaired) electrons. The van der Waals surface area contributed by atoms with Gasteiger partial charge in [0.2, 0.25) is 5.91 Å². The van der Waals surface area contributed by atoms with Crippen LogP contribution < -0.4 is 0 Å². The first-order chi connectivity index (χ1) is 12.7. The third kappa shape index (κ3) is 3.90. The highest BCUT2D eigenvalue weighted by Gasteiger charge is 2.31. The number of carbonyl (C=O) groups is 1. The van der Waals surface area contributed by atoms with E-state index in [1.54, 1.807) is 23.1 Å². The lowest BCUT2D eigenvalue weighted by Gasteiger charge is -2.23. The number of benzene rings is 2. The average Bonchev–Trinajstić information content (AvgIpc) is 3.28. The van der Waals surface area contributed by atoms with Gasteiger partial charge in [0, 0.05) is 17.3 Å². The molecule has 1 amide bonds. The zero-order valence-corrected chi connectivity index (χ0v) is 16.6. The summed E-state index contributed by atoms with van der Waals surface area (Å²) >= 11 is 9.38. The van der Waals surface area contributed by atoms with Crippen molar-refractivity contribution in [2.45, 2.75) is 24.6 Å². The van der Waals surface area contributed by atoms with Crippen molar-refractivity contribution in [1.29, 1.82) is 0 Å². The number of hydrogen-bond acceptors (Lipinski definition) is 4. The summed E-state index contributed by atoms with van der Waals surface area (Å²) in [5.41, 5.74) is 2.18. The molecule has 1 aromatic heterocycles. The van der Waals surface area contributed by atoms with Crippen LogP contribution in [0.2, 0.25) is 5.02 Å². The van der Waals surface area contributed by atoms with Crippen molar-refractivity contribution in [3.8, 4) is 0 Å². The number of aromatic nitrogens is 1. The van der Waals surface area contributed by atoms with Crippen LogP contribution in [0.3, 0.4) is 0 Å². The van der Waals surface area contributed by atoms with E-state index < -0.39 is 0 Å². The van der Waals surface area contributed by atoms with Gasteiger partial charge in [0.05, 0.1) is 22.0 Å². The fourth-order valence-electron chi connectivity index (χ4n) is 3.32. The molecule has 1 fully saturated rings. The van der Waals surface area contributed by atoms with Gasteiger partial charge < -0.3 is 4.90 Å². The molecule has 0 bridgehead atoms. The van der Waals surface area contributed by atoms with Crippen LogP contribution in [0, 0.1) is 0 Å². The highest BCUT2D eigenvalue weighted by Crippen LogP contribution is 2.36. The summed E-state index contributed by atoms with van der Waals surface area (Å²) in [6.07, 6.45) is 2.05. The summed E-state index contributed by atoms with van der Waals surface area (Å²) in [6, 6.07) is 16.1. The Morgan fingerprint density at radius 3 is 3.00 bits per heavy atom. The molecule has 1 aliphatic heterocycles. The Morgan fingerprint density at radius 1 is 1.27 bits per heavy atom. The largest absolute Gasteiger partial charge is 0.333 e. The zero-order valence-electron chi connectivity index (χ0n) is 14.2. The lowest BCUT2D eigenvalue weighted by Crippen LogP contribution is -2.31. The van der Waals surface area contributed by atoms with E-state index in [0.29, 0.717) is 5.75 Å². The van der Waals surface area contributed by atoms with Gasteiger partial charge >= 0.3 is 0 Å². The first-order valence-electron chi connectivity index (χ1n) is 8.68. The van der Waals surface area contributed by atoms with Crippen molar-refractivity contribution >= 4 is 50.8 Å². The van der Waals surface area contributed by atoms with Crippen LogP contribution in [0.1, 0.15) is 29.5 Å². The van der Waals surface area contributed by atoms with Crippen LogP contribution in [-0.2, 0) is 10.5 Å². The van der Waals surface area contributed by atoms with E-state index in [1.165, 1.54) is 4.70 Å². The predicted molar refractivity (Wildman–Crippen MR) is 111 cm³/mol. The summed E-state index contributed by atoms with van der Waals surface area (Å²) in [6.45, 7) is 0.831. The average molecular weight is 403 g/mol. The molecule has 6 heteroatoms. The summed E-state index contributed by atoms with van der Waals surface area (Å²) in [5.74, 6) is 1.50. The molecule has 2 aromatic carbocycles. The van der Waals surface area contributed by atoms with Crippen LogP contribution in [0.5, 0.6) is 0 Å². The van der Waals surface area contributed by atoms with Crippen molar-refractivity contribution in [2.75, 3.05) is 12.3 Å². The van der Waals surface area contributed by atoms with Crippen molar-refractivity contribution in [1.82, 2.24) is 9.88 Å². The number of halogens is 1. The number of rotatable bonds is 5. The van der Waals surface area contributed by atoms with Crippen LogP contribution >= 0.6 is 34.7 Å². The molecule has 0 spiro atoms. The van der Waals surface area contributed by atoms with Gasteiger partial charge in [-0.25, -0.2) is 4.98 Å². The number of carbonyl (C=O) groups excluding carboxylic acids is 1. The molecule has 0 aliphatic carbocycles. The third-order valence-electron chi connectivity index (χ3n) is 4.55. The van der Waals surface area contributed by atoms with Gasteiger partial charge in [0.25, 0.3) is 0 Å². The Labute approximate surface area is 166 Å². The van der Waals surface area contributed by atoms with Gasteiger partial charge in [-0.15, -0.1) is 23.1 Å². The Hall–Kier alpha value is -1.56. The Balaban J connectivity index is 1.40. The Kier molecular flexibility index (Phi) is 5.48. The number of fused-ring (bicyclic) bond motifs is 1. The molecular formula is C20H19ClN2OS2. The molecule has 1 aliphatic rings.